The van der Waals surface area contributed by atoms with Crippen molar-refractivity contribution in [1.29, 1.82) is 0 Å². The summed E-state index contributed by atoms with van der Waals surface area (Å²) in [6.07, 6.45) is 7.81. The first-order valence-electron chi connectivity index (χ1n) is 21.8. The average Bonchev–Trinajstić information content (AvgIpc) is 3.69. The van der Waals surface area contributed by atoms with Crippen molar-refractivity contribution < 1.29 is 0 Å². The average molecular weight is 808 g/mol. The van der Waals surface area contributed by atoms with Gasteiger partial charge in [-0.3, -0.25) is 9.56 Å². The molecule has 0 fully saturated rings. The van der Waals surface area contributed by atoms with Crippen LogP contribution in [0.5, 0.6) is 0 Å². The normalized spacial score (nSPS) is 14.1. The number of aromatic nitrogens is 1. The van der Waals surface area contributed by atoms with Gasteiger partial charge in [-0.05, 0) is 118 Å². The van der Waals surface area contributed by atoms with Crippen molar-refractivity contribution in [3.05, 3.63) is 255 Å². The van der Waals surface area contributed by atoms with E-state index in [9.17, 15) is 0 Å². The molecule has 0 bridgehead atoms. The van der Waals surface area contributed by atoms with Gasteiger partial charge in [-0.25, -0.2) is 0 Å². The Balaban J connectivity index is 1.06. The number of aryl methyl sites for hydroxylation is 2. The predicted molar refractivity (Wildman–Crippen MR) is 264 cm³/mol. The van der Waals surface area contributed by atoms with E-state index in [1.54, 1.807) is 0 Å². The van der Waals surface area contributed by atoms with Gasteiger partial charge in [0.2, 0.25) is 0 Å². The SMILES string of the molecule is Cc1ccccc1Cc1ccc(-c2cccc(-c3cccc4c5c6c(ccc5n(C5=CC(c7ccccc7)=NC(c7ccc(C)c(Cc8ccccc8)c7)N5)c34)C=C=C=C6)c2)cc1. The third-order valence-corrected chi connectivity index (χ3v) is 12.7. The lowest BCUT2D eigenvalue weighted by atomic mass is 9.94. The van der Waals surface area contributed by atoms with E-state index in [1.807, 2.05) is 6.08 Å². The molecule has 3 heteroatoms. The number of para-hydroxylation sites is 1. The van der Waals surface area contributed by atoms with Gasteiger partial charge >= 0.3 is 0 Å². The molecule has 1 unspecified atom stereocenters. The molecule has 1 aliphatic carbocycles. The van der Waals surface area contributed by atoms with Crippen LogP contribution in [0, 0.1) is 13.8 Å². The number of nitrogens with zero attached hydrogens (tertiary/aromatic N) is 2. The van der Waals surface area contributed by atoms with Gasteiger partial charge in [-0.15, -0.1) is 0 Å². The first-order chi connectivity index (χ1) is 31.0. The third-order valence-electron chi connectivity index (χ3n) is 12.7. The van der Waals surface area contributed by atoms with Gasteiger partial charge in [-0.1, -0.05) is 181 Å². The number of hydrogen-bond acceptors (Lipinski definition) is 2. The zero-order chi connectivity index (χ0) is 42.3. The summed E-state index contributed by atoms with van der Waals surface area (Å²) in [5.41, 5.74) is 26.7. The molecule has 1 aliphatic heterocycles. The minimum atomic E-state index is -0.324. The molecular weight excluding hydrogens is 763 g/mol. The van der Waals surface area contributed by atoms with E-state index in [0.29, 0.717) is 0 Å². The predicted octanol–water partition coefficient (Wildman–Crippen LogP) is 14.3. The molecule has 0 amide bonds. The number of allylic oxidation sites excluding steroid dienone is 1. The van der Waals surface area contributed by atoms with Gasteiger partial charge < -0.3 is 5.32 Å². The molecular formula is C60H45N3. The Bertz CT molecular complexity index is 3390. The van der Waals surface area contributed by atoms with E-state index in [2.05, 4.69) is 229 Å². The summed E-state index contributed by atoms with van der Waals surface area (Å²) >= 11 is 0. The fraction of sp³-hybridized carbons (Fsp3) is 0.0833. The Hall–Kier alpha value is -7.93. The molecule has 1 atom stereocenters. The Morgan fingerprint density at radius 2 is 1.25 bits per heavy atom. The van der Waals surface area contributed by atoms with Crippen LogP contribution in [0.4, 0.5) is 0 Å². The third kappa shape index (κ3) is 7.26. The van der Waals surface area contributed by atoms with Crippen LogP contribution < -0.4 is 5.32 Å². The monoisotopic (exact) mass is 807 g/mol. The lowest BCUT2D eigenvalue weighted by Gasteiger charge is -2.27. The standard InChI is InChI=1S/C60H45N3/c1-40-15-9-10-21-47(40)35-43-28-31-44(32-29-43)48-22-13-23-49(37-48)53-25-14-26-54-58-52-24-12-11-18-45(52)33-34-56(58)63(59(53)54)57-39-55(46-19-7-4-8-20-46)61-60(62-57)50-30-27-41(2)51(38-50)36-42-16-5-3-6-17-42/h3-10,13-34,37-39,60,62H,35-36H2,1-2H3. The van der Waals surface area contributed by atoms with Crippen LogP contribution >= 0.6 is 0 Å². The fourth-order valence-corrected chi connectivity index (χ4v) is 9.35. The van der Waals surface area contributed by atoms with Crippen LogP contribution in [0.15, 0.2) is 205 Å². The van der Waals surface area contributed by atoms with E-state index >= 15 is 0 Å². The van der Waals surface area contributed by atoms with Crippen molar-refractivity contribution in [3.63, 3.8) is 0 Å². The Morgan fingerprint density at radius 1 is 0.556 bits per heavy atom. The van der Waals surface area contributed by atoms with E-state index in [0.717, 1.165) is 68.8 Å². The van der Waals surface area contributed by atoms with Gasteiger partial charge in [0.05, 0.1) is 16.7 Å². The van der Waals surface area contributed by atoms with Crippen LogP contribution in [0.2, 0.25) is 0 Å². The van der Waals surface area contributed by atoms with E-state index in [-0.39, 0.29) is 6.17 Å². The topological polar surface area (TPSA) is 29.3 Å². The molecule has 63 heavy (non-hydrogen) atoms. The zero-order valence-electron chi connectivity index (χ0n) is 35.4. The van der Waals surface area contributed by atoms with Gasteiger partial charge in [0.1, 0.15) is 12.0 Å². The number of nitrogens with one attached hydrogen (secondary N) is 1. The molecule has 9 aromatic rings. The molecule has 0 saturated carbocycles. The lowest BCUT2D eigenvalue weighted by Crippen LogP contribution is -2.28. The van der Waals surface area contributed by atoms with Crippen LogP contribution in [-0.2, 0) is 12.8 Å². The number of aliphatic imine (C=N–C) groups is 1. The highest BCUT2D eigenvalue weighted by Gasteiger charge is 2.26. The molecule has 3 nitrogen and oxygen atoms in total. The number of benzene rings is 8. The Labute approximate surface area is 369 Å². The van der Waals surface area contributed by atoms with Crippen molar-refractivity contribution in [2.75, 3.05) is 0 Å². The largest absolute Gasteiger partial charge is 0.346 e. The second-order valence-electron chi connectivity index (χ2n) is 16.8. The second kappa shape index (κ2) is 16.2. The molecule has 8 aromatic carbocycles. The first-order valence-corrected chi connectivity index (χ1v) is 21.8. The summed E-state index contributed by atoms with van der Waals surface area (Å²) in [5.74, 6) is 0.970. The summed E-state index contributed by atoms with van der Waals surface area (Å²) in [6.45, 7) is 4.40. The summed E-state index contributed by atoms with van der Waals surface area (Å²) in [7, 11) is 0. The maximum absolute atomic E-state index is 5.44. The van der Waals surface area contributed by atoms with Crippen molar-refractivity contribution in [2.24, 2.45) is 4.99 Å². The molecule has 1 aromatic heterocycles. The van der Waals surface area contributed by atoms with Crippen molar-refractivity contribution >= 4 is 45.5 Å². The molecule has 2 aliphatic rings. The van der Waals surface area contributed by atoms with E-state index in [1.165, 1.54) is 55.3 Å². The van der Waals surface area contributed by atoms with E-state index in [4.69, 9.17) is 4.99 Å². The summed E-state index contributed by atoms with van der Waals surface area (Å²) in [4.78, 5) is 5.44. The minimum absolute atomic E-state index is 0.324. The highest BCUT2D eigenvalue weighted by Crippen LogP contribution is 2.42. The van der Waals surface area contributed by atoms with Gasteiger partial charge in [0.25, 0.3) is 0 Å². The molecule has 300 valence electrons. The van der Waals surface area contributed by atoms with Crippen LogP contribution in [0.3, 0.4) is 0 Å². The molecule has 1 N–H and O–H groups in total. The zero-order valence-corrected chi connectivity index (χ0v) is 35.4. The highest BCUT2D eigenvalue weighted by molar-refractivity contribution is 6.19. The number of fused-ring (bicyclic) bond motifs is 5. The summed E-state index contributed by atoms with van der Waals surface area (Å²) < 4.78 is 2.44. The van der Waals surface area contributed by atoms with Crippen molar-refractivity contribution in [3.8, 4) is 22.3 Å². The molecule has 0 radical (unpaired) electrons. The minimum Gasteiger partial charge on any atom is -0.346 e. The highest BCUT2D eigenvalue weighted by atomic mass is 15.2. The quantitative estimate of drug-likeness (QED) is 0.145. The maximum Gasteiger partial charge on any atom is 0.146 e. The summed E-state index contributed by atoms with van der Waals surface area (Å²) in [6, 6.07) is 66.1. The fourth-order valence-electron chi connectivity index (χ4n) is 9.35. The van der Waals surface area contributed by atoms with E-state index < -0.39 is 0 Å². The summed E-state index contributed by atoms with van der Waals surface area (Å²) in [5, 5.41) is 6.35. The van der Waals surface area contributed by atoms with Gasteiger partial charge in [0.15, 0.2) is 0 Å². The van der Waals surface area contributed by atoms with Gasteiger partial charge in [-0.2, -0.15) is 0 Å². The lowest BCUT2D eigenvalue weighted by molar-refractivity contribution is 0.645. The van der Waals surface area contributed by atoms with Crippen LogP contribution in [0.1, 0.15) is 61.8 Å². The number of rotatable bonds is 9. The number of hydrogen-bond donors (Lipinski definition) is 1. The smallest absolute Gasteiger partial charge is 0.146 e. The van der Waals surface area contributed by atoms with Crippen LogP contribution in [0.25, 0.3) is 62.0 Å². The van der Waals surface area contributed by atoms with Crippen molar-refractivity contribution in [2.45, 2.75) is 32.9 Å². The maximum atomic E-state index is 5.44. The second-order valence-corrected chi connectivity index (χ2v) is 16.8. The first kappa shape index (κ1) is 38.0. The molecule has 2 heterocycles. The van der Waals surface area contributed by atoms with Crippen LogP contribution in [-0.4, -0.2) is 10.3 Å². The Kier molecular flexibility index (Phi) is 9.75. The molecule has 0 spiro atoms. The molecule has 0 saturated heterocycles. The van der Waals surface area contributed by atoms with Crippen molar-refractivity contribution in [1.82, 2.24) is 9.88 Å². The Morgan fingerprint density at radius 3 is 2.10 bits per heavy atom. The van der Waals surface area contributed by atoms with Gasteiger partial charge in [0, 0.05) is 28.0 Å². The molecule has 11 rings (SSSR count).